The molecule has 15 heteroatoms. The first kappa shape index (κ1) is 24.9. The summed E-state index contributed by atoms with van der Waals surface area (Å²) in [5.41, 5.74) is -3.52. The van der Waals surface area contributed by atoms with Gasteiger partial charge in [-0.2, -0.15) is 54.5 Å². The standard InChI is InChI=1S/C16H18F9N5O/c1-7(14(17,18)19)26-11-28-10(29-12(30-11)27-8(2)15(20,21)22)9-4-3-5-13(31,6-9)16(23,24)25/h6-8,31H,3-5H2,1-2H3,(H2,26,27,28,29,30)/t7-,8-,13?/m1/s1. The topological polar surface area (TPSA) is 83.0 Å². The lowest BCUT2D eigenvalue weighted by Gasteiger charge is -2.31. The number of anilines is 2. The van der Waals surface area contributed by atoms with Gasteiger partial charge in [-0.25, -0.2) is 0 Å². The van der Waals surface area contributed by atoms with Crippen molar-refractivity contribution in [2.24, 2.45) is 0 Å². The lowest BCUT2D eigenvalue weighted by atomic mass is 9.86. The molecule has 176 valence electrons. The van der Waals surface area contributed by atoms with Crippen molar-refractivity contribution in [1.29, 1.82) is 0 Å². The summed E-state index contributed by atoms with van der Waals surface area (Å²) in [6.45, 7) is 1.38. The Morgan fingerprint density at radius 3 is 1.71 bits per heavy atom. The van der Waals surface area contributed by atoms with Crippen molar-refractivity contribution in [1.82, 2.24) is 15.0 Å². The highest BCUT2D eigenvalue weighted by atomic mass is 19.4. The van der Waals surface area contributed by atoms with E-state index >= 15 is 0 Å². The fourth-order valence-electron chi connectivity index (χ4n) is 2.58. The van der Waals surface area contributed by atoms with Gasteiger partial charge >= 0.3 is 18.5 Å². The van der Waals surface area contributed by atoms with Crippen LogP contribution >= 0.6 is 0 Å². The molecule has 0 radical (unpaired) electrons. The second kappa shape index (κ2) is 8.31. The maximum Gasteiger partial charge on any atom is 0.420 e. The van der Waals surface area contributed by atoms with E-state index in [0.717, 1.165) is 0 Å². The maximum atomic E-state index is 13.2. The zero-order valence-corrected chi connectivity index (χ0v) is 16.0. The third kappa shape index (κ3) is 6.11. The van der Waals surface area contributed by atoms with Crippen LogP contribution in [0.25, 0.3) is 5.57 Å². The van der Waals surface area contributed by atoms with Crippen LogP contribution in [0.3, 0.4) is 0 Å². The molecule has 3 N–H and O–H groups in total. The van der Waals surface area contributed by atoms with Gasteiger partial charge in [-0.15, -0.1) is 0 Å². The minimum absolute atomic E-state index is 0.0923. The van der Waals surface area contributed by atoms with Gasteiger partial charge in [0.15, 0.2) is 11.4 Å². The van der Waals surface area contributed by atoms with Gasteiger partial charge < -0.3 is 15.7 Å². The van der Waals surface area contributed by atoms with Crippen LogP contribution in [0.2, 0.25) is 0 Å². The molecule has 0 spiro atoms. The molecule has 0 aromatic carbocycles. The van der Waals surface area contributed by atoms with E-state index in [0.29, 0.717) is 19.9 Å². The summed E-state index contributed by atoms with van der Waals surface area (Å²) in [7, 11) is 0. The molecule has 0 saturated carbocycles. The molecule has 6 nitrogen and oxygen atoms in total. The average molecular weight is 467 g/mol. The van der Waals surface area contributed by atoms with E-state index in [1.54, 1.807) is 0 Å². The molecule has 1 aromatic rings. The Labute approximate surface area is 170 Å². The van der Waals surface area contributed by atoms with Crippen molar-refractivity contribution in [3.05, 3.63) is 11.9 Å². The van der Waals surface area contributed by atoms with Crippen LogP contribution in [0.4, 0.5) is 51.4 Å². The van der Waals surface area contributed by atoms with Gasteiger partial charge in [0.2, 0.25) is 11.9 Å². The Kier molecular flexibility index (Phi) is 6.69. The Morgan fingerprint density at radius 2 is 1.32 bits per heavy atom. The molecule has 2 rings (SSSR count). The van der Waals surface area contributed by atoms with Crippen LogP contribution in [-0.4, -0.2) is 56.3 Å². The molecule has 3 atom stereocenters. The van der Waals surface area contributed by atoms with Crippen LogP contribution in [0, 0.1) is 0 Å². The predicted molar refractivity (Wildman–Crippen MR) is 90.9 cm³/mol. The second-order valence-electron chi connectivity index (χ2n) is 7.07. The lowest BCUT2D eigenvalue weighted by molar-refractivity contribution is -0.242. The van der Waals surface area contributed by atoms with Crippen molar-refractivity contribution in [3.63, 3.8) is 0 Å². The third-order valence-electron chi connectivity index (χ3n) is 4.50. The molecular formula is C16H18F9N5O. The molecular weight excluding hydrogens is 449 g/mol. The number of halogens is 9. The number of hydrogen-bond acceptors (Lipinski definition) is 6. The van der Waals surface area contributed by atoms with E-state index in [9.17, 15) is 44.6 Å². The molecule has 0 amide bonds. The molecule has 1 aliphatic carbocycles. The van der Waals surface area contributed by atoms with Gasteiger partial charge in [0.1, 0.15) is 12.1 Å². The molecule has 0 saturated heterocycles. The molecule has 1 unspecified atom stereocenters. The highest BCUT2D eigenvalue weighted by molar-refractivity contribution is 5.64. The second-order valence-corrected chi connectivity index (χ2v) is 7.07. The minimum Gasteiger partial charge on any atom is -0.377 e. The van der Waals surface area contributed by atoms with Gasteiger partial charge in [0.25, 0.3) is 0 Å². The highest BCUT2D eigenvalue weighted by Crippen LogP contribution is 2.42. The zero-order valence-electron chi connectivity index (χ0n) is 16.0. The van der Waals surface area contributed by atoms with E-state index in [1.165, 1.54) is 0 Å². The van der Waals surface area contributed by atoms with E-state index < -0.39 is 60.4 Å². The lowest BCUT2D eigenvalue weighted by Crippen LogP contribution is -2.44. The van der Waals surface area contributed by atoms with Crippen molar-refractivity contribution in [2.75, 3.05) is 10.6 Å². The molecule has 0 aliphatic heterocycles. The van der Waals surface area contributed by atoms with Gasteiger partial charge in [-0.1, -0.05) is 0 Å². The van der Waals surface area contributed by atoms with Crippen LogP contribution in [0.1, 0.15) is 38.9 Å². The van der Waals surface area contributed by atoms with Crippen LogP contribution < -0.4 is 10.6 Å². The van der Waals surface area contributed by atoms with Gasteiger partial charge in [-0.05, 0) is 44.8 Å². The Bertz CT molecular complexity index is 781. The monoisotopic (exact) mass is 467 g/mol. The normalized spacial score (nSPS) is 22.5. The van der Waals surface area contributed by atoms with E-state index in [2.05, 4.69) is 15.0 Å². The number of nitrogens with one attached hydrogen (secondary N) is 2. The smallest absolute Gasteiger partial charge is 0.377 e. The number of allylic oxidation sites excluding steroid dienone is 1. The van der Waals surface area contributed by atoms with Crippen LogP contribution in [-0.2, 0) is 0 Å². The zero-order chi connectivity index (χ0) is 23.8. The van der Waals surface area contributed by atoms with Crippen molar-refractivity contribution < 1.29 is 44.6 Å². The Balaban J connectivity index is 2.50. The third-order valence-corrected chi connectivity index (χ3v) is 4.50. The molecule has 1 heterocycles. The molecule has 1 aliphatic rings. The highest BCUT2D eigenvalue weighted by Gasteiger charge is 2.53. The van der Waals surface area contributed by atoms with Gasteiger partial charge in [0, 0.05) is 0 Å². The van der Waals surface area contributed by atoms with Crippen LogP contribution in [0.15, 0.2) is 6.08 Å². The molecule has 1 aromatic heterocycles. The predicted octanol–water partition coefficient (Wildman–Crippen LogP) is 4.46. The Hall–Kier alpha value is -2.32. The van der Waals surface area contributed by atoms with Gasteiger partial charge in [-0.3, -0.25) is 0 Å². The number of rotatable bonds is 5. The number of alkyl halides is 9. The quantitative estimate of drug-likeness (QED) is 0.555. The van der Waals surface area contributed by atoms with Crippen molar-refractivity contribution in [3.8, 4) is 0 Å². The van der Waals surface area contributed by atoms with Gasteiger partial charge in [0.05, 0.1) is 0 Å². The number of aliphatic hydroxyl groups is 1. The fourth-order valence-corrected chi connectivity index (χ4v) is 2.58. The van der Waals surface area contributed by atoms with Crippen molar-refractivity contribution in [2.45, 2.75) is 69.3 Å². The molecule has 0 fully saturated rings. The number of hydrogen-bond donors (Lipinski definition) is 3. The Morgan fingerprint density at radius 1 is 0.871 bits per heavy atom. The first-order valence-corrected chi connectivity index (χ1v) is 8.86. The van der Waals surface area contributed by atoms with E-state index in [4.69, 9.17) is 0 Å². The average Bonchev–Trinajstić information content (AvgIpc) is 2.59. The summed E-state index contributed by atoms with van der Waals surface area (Å²) < 4.78 is 116. The summed E-state index contributed by atoms with van der Waals surface area (Å²) >= 11 is 0. The maximum absolute atomic E-state index is 13.2. The fraction of sp³-hybridized carbons (Fsp3) is 0.688. The number of nitrogens with zero attached hydrogens (tertiary/aromatic N) is 3. The first-order chi connectivity index (χ1) is 13.9. The van der Waals surface area contributed by atoms with E-state index in [1.807, 2.05) is 10.6 Å². The van der Waals surface area contributed by atoms with Crippen LogP contribution in [0.5, 0.6) is 0 Å². The summed E-state index contributed by atoms with van der Waals surface area (Å²) in [5.74, 6) is -2.19. The largest absolute Gasteiger partial charge is 0.420 e. The number of aromatic nitrogens is 3. The summed E-state index contributed by atoms with van der Waals surface area (Å²) in [4.78, 5) is 10.7. The summed E-state index contributed by atoms with van der Waals surface area (Å²) in [5, 5.41) is 13.6. The minimum atomic E-state index is -5.05. The molecule has 31 heavy (non-hydrogen) atoms. The summed E-state index contributed by atoms with van der Waals surface area (Å²) in [6, 6.07) is -4.44. The first-order valence-electron chi connectivity index (χ1n) is 8.86. The molecule has 0 bridgehead atoms. The van der Waals surface area contributed by atoms with E-state index in [-0.39, 0.29) is 18.4 Å². The van der Waals surface area contributed by atoms with Crippen molar-refractivity contribution >= 4 is 17.5 Å². The SMILES string of the molecule is C[C@@H](Nc1nc(N[C@H](C)C(F)(F)F)nc(C2=CC(O)(C(F)(F)F)CCC2)n1)C(F)(F)F. The summed E-state index contributed by atoms with van der Waals surface area (Å²) in [6.07, 6.45) is -15.1.